The molecule has 170 valence electrons. The van der Waals surface area contributed by atoms with Gasteiger partial charge in [0.05, 0.1) is 6.04 Å². The molecule has 1 aliphatic carbocycles. The number of carboxylic acid groups (broad SMARTS) is 1. The molecule has 0 bridgehead atoms. The van der Waals surface area contributed by atoms with Crippen LogP contribution in [0.3, 0.4) is 0 Å². The largest absolute Gasteiger partial charge is 0.465 e. The van der Waals surface area contributed by atoms with Crippen LogP contribution in [0.2, 0.25) is 5.02 Å². The molecule has 1 saturated carbocycles. The number of carbonyl (C=O) groups is 3. The molecule has 0 unspecified atom stereocenters. The predicted molar refractivity (Wildman–Crippen MR) is 122 cm³/mol. The Bertz CT molecular complexity index is 830. The summed E-state index contributed by atoms with van der Waals surface area (Å²) in [6, 6.07) is 6.20. The van der Waals surface area contributed by atoms with E-state index in [2.05, 4.69) is 5.32 Å². The molecule has 0 radical (unpaired) electrons. The van der Waals surface area contributed by atoms with Gasteiger partial charge in [-0.1, -0.05) is 23.7 Å². The third-order valence-electron chi connectivity index (χ3n) is 5.49. The van der Waals surface area contributed by atoms with Crippen LogP contribution in [0.1, 0.15) is 45.6 Å². The van der Waals surface area contributed by atoms with Crippen molar-refractivity contribution < 1.29 is 19.5 Å². The van der Waals surface area contributed by atoms with Crippen LogP contribution in [0.4, 0.5) is 4.79 Å². The first kappa shape index (κ1) is 24.7. The zero-order chi connectivity index (χ0) is 23.3. The predicted octanol–water partition coefficient (Wildman–Crippen LogP) is 3.87. The maximum atomic E-state index is 12.6. The van der Waals surface area contributed by atoms with E-state index in [0.717, 1.165) is 5.56 Å². The first-order valence-electron chi connectivity index (χ1n) is 10.4. The Morgan fingerprint density at radius 1 is 1.13 bits per heavy atom. The number of hydrogen-bond donors (Lipinski definition) is 2. The number of carbonyl (C=O) groups excluding carboxylic acids is 2. The minimum atomic E-state index is -1.06. The van der Waals surface area contributed by atoms with E-state index in [1.807, 2.05) is 20.8 Å². The van der Waals surface area contributed by atoms with Crippen molar-refractivity contribution in [2.75, 3.05) is 14.1 Å². The van der Waals surface area contributed by atoms with Crippen molar-refractivity contribution in [1.82, 2.24) is 15.1 Å². The van der Waals surface area contributed by atoms with E-state index in [1.165, 1.54) is 15.9 Å². The summed E-state index contributed by atoms with van der Waals surface area (Å²) in [6.45, 7) is 5.45. The van der Waals surface area contributed by atoms with Gasteiger partial charge in [0.1, 0.15) is 0 Å². The smallest absolute Gasteiger partial charge is 0.408 e. The maximum absolute atomic E-state index is 12.6. The highest BCUT2D eigenvalue weighted by molar-refractivity contribution is 6.30. The van der Waals surface area contributed by atoms with Gasteiger partial charge in [0.15, 0.2) is 0 Å². The third kappa shape index (κ3) is 6.72. The number of amides is 3. The molecular weight excluding hydrogens is 418 g/mol. The molecule has 1 aliphatic rings. The Hall–Kier alpha value is -2.54. The fourth-order valence-corrected chi connectivity index (χ4v) is 4.22. The Morgan fingerprint density at radius 3 is 2.26 bits per heavy atom. The minimum absolute atomic E-state index is 0.0170. The molecule has 3 atom stereocenters. The molecule has 0 heterocycles. The molecule has 0 aromatic heterocycles. The summed E-state index contributed by atoms with van der Waals surface area (Å²) < 4.78 is 0. The molecule has 8 heteroatoms. The molecule has 1 fully saturated rings. The van der Waals surface area contributed by atoms with Crippen LogP contribution in [0, 0.1) is 5.92 Å². The molecule has 7 nitrogen and oxygen atoms in total. The van der Waals surface area contributed by atoms with E-state index in [1.54, 1.807) is 44.4 Å². The zero-order valence-corrected chi connectivity index (χ0v) is 19.5. The summed E-state index contributed by atoms with van der Waals surface area (Å²) in [6.07, 6.45) is 3.53. The van der Waals surface area contributed by atoms with Crippen LogP contribution in [0.5, 0.6) is 0 Å². The van der Waals surface area contributed by atoms with Gasteiger partial charge in [-0.15, -0.1) is 0 Å². The fourth-order valence-electron chi connectivity index (χ4n) is 4.09. The third-order valence-corrected chi connectivity index (χ3v) is 5.74. The van der Waals surface area contributed by atoms with Crippen molar-refractivity contribution in [3.8, 4) is 0 Å². The summed E-state index contributed by atoms with van der Waals surface area (Å²) in [5.74, 6) is -0.597. The molecule has 3 amide bonds. The SMILES string of the molecule is CN(C)C(=O)[C@H]1CC[C@H](NC(=O)C=Cc2ccc(Cl)cc2)[C@H](N(C(=O)O)C(C)(C)C)C1. The molecule has 0 aliphatic heterocycles. The van der Waals surface area contributed by atoms with E-state index >= 15 is 0 Å². The van der Waals surface area contributed by atoms with Crippen LogP contribution in [0.15, 0.2) is 30.3 Å². The van der Waals surface area contributed by atoms with Gasteiger partial charge in [0.2, 0.25) is 11.8 Å². The van der Waals surface area contributed by atoms with E-state index in [4.69, 9.17) is 11.6 Å². The van der Waals surface area contributed by atoms with E-state index < -0.39 is 17.7 Å². The lowest BCUT2D eigenvalue weighted by Crippen LogP contribution is -2.61. The average molecular weight is 450 g/mol. The maximum Gasteiger partial charge on any atom is 0.408 e. The first-order valence-corrected chi connectivity index (χ1v) is 10.8. The van der Waals surface area contributed by atoms with Crippen molar-refractivity contribution in [2.45, 2.75) is 57.7 Å². The summed E-state index contributed by atoms with van der Waals surface area (Å²) >= 11 is 5.88. The average Bonchev–Trinajstić information content (AvgIpc) is 2.66. The van der Waals surface area contributed by atoms with Crippen molar-refractivity contribution in [2.24, 2.45) is 5.92 Å². The molecule has 1 aromatic rings. The molecule has 2 rings (SSSR count). The van der Waals surface area contributed by atoms with E-state index in [0.29, 0.717) is 24.3 Å². The number of nitrogens with zero attached hydrogens (tertiary/aromatic N) is 2. The molecular formula is C23H32ClN3O4. The molecule has 31 heavy (non-hydrogen) atoms. The number of nitrogens with one attached hydrogen (secondary N) is 1. The fraction of sp³-hybridized carbons (Fsp3) is 0.522. The number of halogens is 1. The number of rotatable bonds is 5. The van der Waals surface area contributed by atoms with Crippen LogP contribution in [0.25, 0.3) is 6.08 Å². The van der Waals surface area contributed by atoms with E-state index in [9.17, 15) is 19.5 Å². The zero-order valence-electron chi connectivity index (χ0n) is 18.8. The van der Waals surface area contributed by atoms with Crippen molar-refractivity contribution in [1.29, 1.82) is 0 Å². The summed E-state index contributed by atoms with van der Waals surface area (Å²) in [4.78, 5) is 40.2. The summed E-state index contributed by atoms with van der Waals surface area (Å²) in [5, 5.41) is 13.5. The lowest BCUT2D eigenvalue weighted by Gasteiger charge is -2.47. The molecule has 0 spiro atoms. The van der Waals surface area contributed by atoms with Crippen molar-refractivity contribution in [3.63, 3.8) is 0 Å². The molecule has 1 aromatic carbocycles. The van der Waals surface area contributed by atoms with Crippen LogP contribution in [-0.2, 0) is 9.59 Å². The van der Waals surface area contributed by atoms with Crippen molar-refractivity contribution >= 4 is 35.6 Å². The highest BCUT2D eigenvalue weighted by Crippen LogP contribution is 2.33. The van der Waals surface area contributed by atoms with Crippen LogP contribution in [-0.4, -0.2) is 64.5 Å². The van der Waals surface area contributed by atoms with Gasteiger partial charge in [-0.05, 0) is 63.8 Å². The summed E-state index contributed by atoms with van der Waals surface area (Å²) in [5.41, 5.74) is 0.153. The van der Waals surface area contributed by atoms with Crippen LogP contribution < -0.4 is 5.32 Å². The van der Waals surface area contributed by atoms with Gasteiger partial charge >= 0.3 is 6.09 Å². The van der Waals surface area contributed by atoms with Gasteiger partial charge in [0.25, 0.3) is 0 Å². The Morgan fingerprint density at radius 2 is 1.74 bits per heavy atom. The van der Waals surface area contributed by atoms with Gasteiger partial charge in [-0.25, -0.2) is 4.79 Å². The second-order valence-electron chi connectivity index (χ2n) is 9.13. The quantitative estimate of drug-likeness (QED) is 0.667. The molecule has 0 saturated heterocycles. The normalized spacial score (nSPS) is 21.5. The second kappa shape index (κ2) is 10.2. The number of hydrogen-bond acceptors (Lipinski definition) is 3. The summed E-state index contributed by atoms with van der Waals surface area (Å²) in [7, 11) is 3.40. The highest BCUT2D eigenvalue weighted by atomic mass is 35.5. The van der Waals surface area contributed by atoms with Crippen molar-refractivity contribution in [3.05, 3.63) is 40.9 Å². The second-order valence-corrected chi connectivity index (χ2v) is 9.57. The molecule has 2 N–H and O–H groups in total. The van der Waals surface area contributed by atoms with E-state index in [-0.39, 0.29) is 23.8 Å². The van der Waals surface area contributed by atoms with Gasteiger partial charge in [0, 0.05) is 42.7 Å². The van der Waals surface area contributed by atoms with Gasteiger partial charge < -0.3 is 15.3 Å². The minimum Gasteiger partial charge on any atom is -0.465 e. The monoisotopic (exact) mass is 449 g/mol. The topological polar surface area (TPSA) is 90.0 Å². The Balaban J connectivity index is 2.21. The lowest BCUT2D eigenvalue weighted by atomic mass is 9.79. The van der Waals surface area contributed by atoms with Gasteiger partial charge in [-0.3, -0.25) is 14.5 Å². The first-order chi connectivity index (χ1) is 14.4. The standard InChI is InChI=1S/C23H32ClN3O4/c1-23(2,3)27(22(30)31)19-14-16(21(29)26(4)5)9-12-18(19)25-20(28)13-8-15-6-10-17(24)11-7-15/h6-8,10-11,13,16,18-19H,9,12,14H2,1-5H3,(H,25,28)(H,30,31)/t16-,18-,19+/m0/s1. The van der Waals surface area contributed by atoms with Gasteiger partial charge in [-0.2, -0.15) is 0 Å². The lowest BCUT2D eigenvalue weighted by molar-refractivity contribution is -0.135. The Kier molecular flexibility index (Phi) is 8.12. The van der Waals surface area contributed by atoms with Crippen LogP contribution >= 0.6 is 11.6 Å². The number of benzene rings is 1. The Labute approximate surface area is 189 Å². The highest BCUT2D eigenvalue weighted by Gasteiger charge is 2.43.